The molecule has 2 rings (SSSR count). The van der Waals surface area contributed by atoms with Crippen LogP contribution >= 0.6 is 11.6 Å². The van der Waals surface area contributed by atoms with E-state index >= 15 is 0 Å². The Morgan fingerprint density at radius 3 is 2.65 bits per heavy atom. The van der Waals surface area contributed by atoms with Gasteiger partial charge in [0.25, 0.3) is 10.0 Å². The van der Waals surface area contributed by atoms with Crippen LogP contribution in [0.1, 0.15) is 11.1 Å². The van der Waals surface area contributed by atoms with Crippen LogP contribution in [0.25, 0.3) is 0 Å². The summed E-state index contributed by atoms with van der Waals surface area (Å²) in [5.41, 5.74) is 1.43. The van der Waals surface area contributed by atoms with Crippen LogP contribution in [0.5, 0.6) is 0 Å². The molecule has 0 aliphatic carbocycles. The zero-order valence-corrected chi connectivity index (χ0v) is 12.0. The molecule has 0 bridgehead atoms. The van der Waals surface area contributed by atoms with E-state index in [1.807, 2.05) is 13.0 Å². The minimum Gasteiger partial charge on any atom is -0.278 e. The molecule has 0 aliphatic heterocycles. The van der Waals surface area contributed by atoms with Crippen LogP contribution in [0.4, 0.5) is 5.69 Å². The number of pyridine rings is 1. The summed E-state index contributed by atoms with van der Waals surface area (Å²) in [6, 6.07) is 7.47. The molecule has 1 aromatic carbocycles. The second kappa shape index (κ2) is 5.49. The Labute approximate surface area is 121 Å². The van der Waals surface area contributed by atoms with Crippen LogP contribution in [-0.4, -0.2) is 13.4 Å². The molecule has 1 heterocycles. The Hall–Kier alpha value is -2.10. The average Bonchev–Trinajstić information content (AvgIpc) is 2.38. The predicted octanol–water partition coefficient (Wildman–Crippen LogP) is 2.72. The Kier molecular flexibility index (Phi) is 3.93. The molecule has 0 unspecified atom stereocenters. The van der Waals surface area contributed by atoms with E-state index in [0.29, 0.717) is 5.69 Å². The molecule has 0 fully saturated rings. The van der Waals surface area contributed by atoms with Crippen LogP contribution in [0.2, 0.25) is 5.02 Å². The van der Waals surface area contributed by atoms with Crippen molar-refractivity contribution in [1.29, 1.82) is 5.26 Å². The van der Waals surface area contributed by atoms with Gasteiger partial charge in [0.2, 0.25) is 0 Å². The highest BCUT2D eigenvalue weighted by atomic mass is 35.5. The van der Waals surface area contributed by atoms with E-state index in [4.69, 9.17) is 16.9 Å². The third kappa shape index (κ3) is 3.07. The van der Waals surface area contributed by atoms with Crippen molar-refractivity contribution < 1.29 is 8.42 Å². The van der Waals surface area contributed by atoms with Gasteiger partial charge in [0, 0.05) is 6.20 Å². The van der Waals surface area contributed by atoms with E-state index in [-0.39, 0.29) is 15.5 Å². The molecule has 0 spiro atoms. The quantitative estimate of drug-likeness (QED) is 0.945. The van der Waals surface area contributed by atoms with Crippen LogP contribution in [-0.2, 0) is 10.0 Å². The number of aryl methyl sites for hydroxylation is 1. The second-order valence-electron chi connectivity index (χ2n) is 4.11. The van der Waals surface area contributed by atoms with Crippen molar-refractivity contribution >= 4 is 27.3 Å². The molecule has 5 nitrogen and oxygen atoms in total. The SMILES string of the molecule is Cc1cncc(NS(=O)(=O)c2ccc(C#N)c(Cl)c2)c1. The fraction of sp³-hybridized carbons (Fsp3) is 0.0769. The molecular weight excluding hydrogens is 298 g/mol. The molecule has 0 atom stereocenters. The molecule has 0 radical (unpaired) electrons. The molecular formula is C13H10ClN3O2S. The molecule has 0 saturated carbocycles. The number of anilines is 1. The van der Waals surface area contributed by atoms with Crippen LogP contribution in [0.15, 0.2) is 41.6 Å². The van der Waals surface area contributed by atoms with Gasteiger partial charge in [-0.25, -0.2) is 8.42 Å². The highest BCUT2D eigenvalue weighted by molar-refractivity contribution is 7.92. The molecule has 1 aromatic heterocycles. The van der Waals surface area contributed by atoms with E-state index in [9.17, 15) is 8.42 Å². The van der Waals surface area contributed by atoms with Gasteiger partial charge in [-0.05, 0) is 36.8 Å². The maximum absolute atomic E-state index is 12.2. The van der Waals surface area contributed by atoms with E-state index in [1.54, 1.807) is 12.3 Å². The number of nitrogens with zero attached hydrogens (tertiary/aromatic N) is 2. The minimum absolute atomic E-state index is 0.0111. The number of halogens is 1. The number of hydrogen-bond donors (Lipinski definition) is 1. The normalized spacial score (nSPS) is 10.8. The van der Waals surface area contributed by atoms with Gasteiger partial charge in [-0.15, -0.1) is 0 Å². The van der Waals surface area contributed by atoms with Crippen LogP contribution < -0.4 is 4.72 Å². The number of rotatable bonds is 3. The first-order chi connectivity index (χ1) is 9.42. The standard InChI is InChI=1S/C13H10ClN3O2S/c1-9-4-11(8-16-7-9)17-20(18,19)12-3-2-10(6-15)13(14)5-12/h2-5,7-8,17H,1H3. The Balaban J connectivity index is 2.36. The molecule has 0 saturated heterocycles. The smallest absolute Gasteiger partial charge is 0.261 e. The van der Waals surface area contributed by atoms with Gasteiger partial charge >= 0.3 is 0 Å². The van der Waals surface area contributed by atoms with Crippen molar-refractivity contribution in [3.8, 4) is 6.07 Å². The molecule has 1 N–H and O–H groups in total. The summed E-state index contributed by atoms with van der Waals surface area (Å²) in [5.74, 6) is 0. The zero-order chi connectivity index (χ0) is 14.8. The van der Waals surface area contributed by atoms with Crippen LogP contribution in [0, 0.1) is 18.3 Å². The van der Waals surface area contributed by atoms with Crippen molar-refractivity contribution in [3.05, 3.63) is 52.8 Å². The summed E-state index contributed by atoms with van der Waals surface area (Å²) in [6.07, 6.45) is 3.03. The van der Waals surface area contributed by atoms with Gasteiger partial charge in [0.1, 0.15) is 6.07 Å². The first-order valence-electron chi connectivity index (χ1n) is 5.56. The fourth-order valence-corrected chi connectivity index (χ4v) is 2.93. The number of aromatic nitrogens is 1. The minimum atomic E-state index is -3.76. The molecule has 2 aromatic rings. The Morgan fingerprint density at radius 2 is 2.05 bits per heavy atom. The Morgan fingerprint density at radius 1 is 1.30 bits per heavy atom. The monoisotopic (exact) mass is 307 g/mol. The Bertz CT molecular complexity index is 798. The number of hydrogen-bond acceptors (Lipinski definition) is 4. The van der Waals surface area contributed by atoms with Gasteiger partial charge < -0.3 is 0 Å². The van der Waals surface area contributed by atoms with Gasteiger partial charge in [0.05, 0.1) is 27.4 Å². The third-order valence-corrected chi connectivity index (χ3v) is 4.19. The lowest BCUT2D eigenvalue weighted by Crippen LogP contribution is -2.13. The molecule has 7 heteroatoms. The topological polar surface area (TPSA) is 82.8 Å². The van der Waals surface area contributed by atoms with Crippen molar-refractivity contribution in [2.45, 2.75) is 11.8 Å². The number of sulfonamides is 1. The van der Waals surface area contributed by atoms with Gasteiger partial charge in [-0.3, -0.25) is 9.71 Å². The van der Waals surface area contributed by atoms with Gasteiger partial charge in [0.15, 0.2) is 0 Å². The maximum atomic E-state index is 12.2. The highest BCUT2D eigenvalue weighted by Crippen LogP contribution is 2.22. The fourth-order valence-electron chi connectivity index (χ4n) is 1.58. The predicted molar refractivity (Wildman–Crippen MR) is 75.9 cm³/mol. The van der Waals surface area contributed by atoms with E-state index in [2.05, 4.69) is 9.71 Å². The summed E-state index contributed by atoms with van der Waals surface area (Å²) in [5, 5.41) is 8.87. The first kappa shape index (κ1) is 14.3. The van der Waals surface area contributed by atoms with Gasteiger partial charge in [-0.1, -0.05) is 11.6 Å². The van der Waals surface area contributed by atoms with Gasteiger partial charge in [-0.2, -0.15) is 5.26 Å². The van der Waals surface area contributed by atoms with Crippen LogP contribution in [0.3, 0.4) is 0 Å². The summed E-state index contributed by atoms with van der Waals surface area (Å²) in [6.45, 7) is 1.81. The number of nitrogens with one attached hydrogen (secondary N) is 1. The first-order valence-corrected chi connectivity index (χ1v) is 7.42. The number of nitriles is 1. The highest BCUT2D eigenvalue weighted by Gasteiger charge is 2.16. The van der Waals surface area contributed by atoms with Crippen molar-refractivity contribution in [3.63, 3.8) is 0 Å². The van der Waals surface area contributed by atoms with E-state index in [0.717, 1.165) is 5.56 Å². The molecule has 0 amide bonds. The second-order valence-corrected chi connectivity index (χ2v) is 6.20. The van der Waals surface area contributed by atoms with Crippen molar-refractivity contribution in [2.75, 3.05) is 4.72 Å². The lowest BCUT2D eigenvalue weighted by atomic mass is 10.2. The van der Waals surface area contributed by atoms with E-state index < -0.39 is 10.0 Å². The largest absolute Gasteiger partial charge is 0.278 e. The van der Waals surface area contributed by atoms with E-state index in [1.165, 1.54) is 24.4 Å². The summed E-state index contributed by atoms with van der Waals surface area (Å²) < 4.78 is 26.8. The summed E-state index contributed by atoms with van der Waals surface area (Å²) in [4.78, 5) is 3.90. The lowest BCUT2D eigenvalue weighted by molar-refractivity contribution is 0.601. The summed E-state index contributed by atoms with van der Waals surface area (Å²) in [7, 11) is -3.76. The average molecular weight is 308 g/mol. The summed E-state index contributed by atoms with van der Waals surface area (Å²) >= 11 is 5.84. The third-order valence-electron chi connectivity index (χ3n) is 2.50. The van der Waals surface area contributed by atoms with Crippen molar-refractivity contribution in [2.24, 2.45) is 0 Å². The van der Waals surface area contributed by atoms with Crippen molar-refractivity contribution in [1.82, 2.24) is 4.98 Å². The maximum Gasteiger partial charge on any atom is 0.261 e. The lowest BCUT2D eigenvalue weighted by Gasteiger charge is -2.08. The zero-order valence-electron chi connectivity index (χ0n) is 10.5. The molecule has 0 aliphatic rings. The number of benzene rings is 1. The molecule has 102 valence electrons. The molecule has 20 heavy (non-hydrogen) atoms.